The van der Waals surface area contributed by atoms with Crippen LogP contribution in [0.2, 0.25) is 0 Å². The molecular formula is C13H14FN3O. The molecule has 1 heterocycles. The van der Waals surface area contributed by atoms with Crippen molar-refractivity contribution in [2.24, 2.45) is 0 Å². The first-order valence-corrected chi connectivity index (χ1v) is 5.59. The third-order valence-electron chi connectivity index (χ3n) is 2.63. The highest BCUT2D eigenvalue weighted by Gasteiger charge is 2.05. The molecule has 1 aromatic heterocycles. The molecule has 18 heavy (non-hydrogen) atoms. The van der Waals surface area contributed by atoms with Crippen LogP contribution < -0.4 is 10.5 Å². The Hall–Kier alpha value is -2.17. The number of hydrogen-bond acceptors (Lipinski definition) is 4. The predicted octanol–water partition coefficient (Wildman–Crippen LogP) is 1.99. The number of nitrogens with zero attached hydrogens (tertiary/aromatic N) is 2. The van der Waals surface area contributed by atoms with Gasteiger partial charge in [0.25, 0.3) is 0 Å². The molecule has 2 N–H and O–H groups in total. The number of methoxy groups -OCH3 is 1. The quantitative estimate of drug-likeness (QED) is 0.897. The van der Waals surface area contributed by atoms with Crippen LogP contribution in [0, 0.1) is 5.82 Å². The van der Waals surface area contributed by atoms with E-state index < -0.39 is 0 Å². The second kappa shape index (κ2) is 5.44. The van der Waals surface area contributed by atoms with E-state index in [1.54, 1.807) is 19.2 Å². The van der Waals surface area contributed by atoms with E-state index in [0.717, 1.165) is 11.3 Å². The van der Waals surface area contributed by atoms with Gasteiger partial charge in [0, 0.05) is 0 Å². The maximum absolute atomic E-state index is 13.2. The second-order valence-electron chi connectivity index (χ2n) is 3.91. The predicted molar refractivity (Wildman–Crippen MR) is 66.8 cm³/mol. The highest BCUT2D eigenvalue weighted by Crippen LogP contribution is 2.20. The maximum atomic E-state index is 13.2. The molecule has 0 spiro atoms. The number of hydrogen-bond donors (Lipinski definition) is 1. The topological polar surface area (TPSA) is 61.0 Å². The second-order valence-corrected chi connectivity index (χ2v) is 3.91. The fourth-order valence-electron chi connectivity index (χ4n) is 1.71. The SMILES string of the molecule is COc1ccc(F)cc1CCc1ccc(N)nn1. The Balaban J connectivity index is 2.09. The van der Waals surface area contributed by atoms with Gasteiger partial charge in [-0.05, 0) is 48.7 Å². The Morgan fingerprint density at radius 1 is 1.17 bits per heavy atom. The average molecular weight is 247 g/mol. The van der Waals surface area contributed by atoms with E-state index in [9.17, 15) is 4.39 Å². The zero-order valence-corrected chi connectivity index (χ0v) is 10.1. The molecule has 0 aliphatic carbocycles. The molecule has 5 heteroatoms. The molecule has 0 bridgehead atoms. The van der Waals surface area contributed by atoms with Crippen LogP contribution in [0.5, 0.6) is 5.75 Å². The Labute approximate surface area is 105 Å². The highest BCUT2D eigenvalue weighted by atomic mass is 19.1. The first-order chi connectivity index (χ1) is 8.69. The molecule has 2 aromatic rings. The summed E-state index contributed by atoms with van der Waals surface area (Å²) in [5.74, 6) is 0.802. The normalized spacial score (nSPS) is 10.3. The molecule has 0 saturated heterocycles. The molecule has 1 aromatic carbocycles. The smallest absolute Gasteiger partial charge is 0.146 e. The van der Waals surface area contributed by atoms with Crippen molar-refractivity contribution < 1.29 is 9.13 Å². The van der Waals surface area contributed by atoms with E-state index in [4.69, 9.17) is 10.5 Å². The first kappa shape index (κ1) is 12.3. The van der Waals surface area contributed by atoms with Gasteiger partial charge < -0.3 is 10.5 Å². The molecule has 0 aliphatic heterocycles. The minimum Gasteiger partial charge on any atom is -0.496 e. The summed E-state index contributed by atoms with van der Waals surface area (Å²) in [6.07, 6.45) is 1.30. The van der Waals surface area contributed by atoms with Crippen molar-refractivity contribution in [3.05, 3.63) is 47.4 Å². The summed E-state index contributed by atoms with van der Waals surface area (Å²) in [7, 11) is 1.57. The van der Waals surface area contributed by atoms with Gasteiger partial charge in [-0.15, -0.1) is 5.10 Å². The molecule has 0 fully saturated rings. The number of rotatable bonds is 4. The number of halogens is 1. The summed E-state index contributed by atoms with van der Waals surface area (Å²) in [6, 6.07) is 7.99. The zero-order chi connectivity index (χ0) is 13.0. The third-order valence-corrected chi connectivity index (χ3v) is 2.63. The van der Waals surface area contributed by atoms with Crippen LogP contribution in [0.15, 0.2) is 30.3 Å². The number of nitrogen functional groups attached to an aromatic ring is 1. The van der Waals surface area contributed by atoms with Crippen LogP contribution in [0.3, 0.4) is 0 Å². The van der Waals surface area contributed by atoms with E-state index in [0.29, 0.717) is 24.4 Å². The molecule has 0 saturated carbocycles. The van der Waals surface area contributed by atoms with Crippen LogP contribution in [-0.2, 0) is 12.8 Å². The van der Waals surface area contributed by atoms with Crippen LogP contribution in [0.1, 0.15) is 11.3 Å². The van der Waals surface area contributed by atoms with Crippen molar-refractivity contribution in [2.45, 2.75) is 12.8 Å². The van der Waals surface area contributed by atoms with Gasteiger partial charge in [0.05, 0.1) is 12.8 Å². The molecule has 4 nitrogen and oxygen atoms in total. The Kier molecular flexibility index (Phi) is 3.72. The summed E-state index contributed by atoms with van der Waals surface area (Å²) >= 11 is 0. The number of aryl methyl sites for hydroxylation is 2. The van der Waals surface area contributed by atoms with E-state index in [-0.39, 0.29) is 5.82 Å². The zero-order valence-electron chi connectivity index (χ0n) is 10.1. The van der Waals surface area contributed by atoms with Gasteiger partial charge in [0.1, 0.15) is 17.4 Å². The number of ether oxygens (including phenoxy) is 1. The van der Waals surface area contributed by atoms with Gasteiger partial charge in [-0.25, -0.2) is 4.39 Å². The van der Waals surface area contributed by atoms with Crippen molar-refractivity contribution in [3.63, 3.8) is 0 Å². The van der Waals surface area contributed by atoms with Gasteiger partial charge in [0.15, 0.2) is 0 Å². The molecular weight excluding hydrogens is 233 g/mol. The Morgan fingerprint density at radius 3 is 2.67 bits per heavy atom. The van der Waals surface area contributed by atoms with Gasteiger partial charge in [-0.1, -0.05) is 0 Å². The van der Waals surface area contributed by atoms with Crippen molar-refractivity contribution in [2.75, 3.05) is 12.8 Å². The fourth-order valence-corrected chi connectivity index (χ4v) is 1.71. The Morgan fingerprint density at radius 2 is 2.00 bits per heavy atom. The van der Waals surface area contributed by atoms with Crippen molar-refractivity contribution >= 4 is 5.82 Å². The van der Waals surface area contributed by atoms with Crippen LogP contribution in [0.25, 0.3) is 0 Å². The van der Waals surface area contributed by atoms with E-state index in [1.807, 2.05) is 6.07 Å². The van der Waals surface area contributed by atoms with Crippen LogP contribution in [0.4, 0.5) is 10.2 Å². The average Bonchev–Trinajstić information content (AvgIpc) is 2.38. The van der Waals surface area contributed by atoms with E-state index >= 15 is 0 Å². The number of anilines is 1. The Bertz CT molecular complexity index is 528. The lowest BCUT2D eigenvalue weighted by Crippen LogP contribution is -2.00. The molecule has 0 radical (unpaired) electrons. The maximum Gasteiger partial charge on any atom is 0.146 e. The van der Waals surface area contributed by atoms with Crippen LogP contribution >= 0.6 is 0 Å². The third kappa shape index (κ3) is 2.94. The molecule has 2 rings (SSSR count). The van der Waals surface area contributed by atoms with Crippen molar-refractivity contribution in [3.8, 4) is 5.75 Å². The minimum atomic E-state index is -0.269. The monoisotopic (exact) mass is 247 g/mol. The fraction of sp³-hybridized carbons (Fsp3) is 0.231. The van der Waals surface area contributed by atoms with Gasteiger partial charge in [0.2, 0.25) is 0 Å². The van der Waals surface area contributed by atoms with E-state index in [2.05, 4.69) is 10.2 Å². The van der Waals surface area contributed by atoms with E-state index in [1.165, 1.54) is 12.1 Å². The molecule has 0 atom stereocenters. The molecule has 0 aliphatic rings. The lowest BCUT2D eigenvalue weighted by atomic mass is 10.1. The summed E-state index contributed by atoms with van der Waals surface area (Å²) in [6.45, 7) is 0. The molecule has 0 amide bonds. The van der Waals surface area contributed by atoms with Crippen molar-refractivity contribution in [1.29, 1.82) is 0 Å². The van der Waals surface area contributed by atoms with Crippen LogP contribution in [-0.4, -0.2) is 17.3 Å². The van der Waals surface area contributed by atoms with Gasteiger partial charge in [-0.3, -0.25) is 0 Å². The first-order valence-electron chi connectivity index (χ1n) is 5.59. The number of aromatic nitrogens is 2. The largest absolute Gasteiger partial charge is 0.496 e. The summed E-state index contributed by atoms with van der Waals surface area (Å²) in [5, 5.41) is 7.74. The lowest BCUT2D eigenvalue weighted by Gasteiger charge is -2.08. The molecule has 0 unspecified atom stereocenters. The highest BCUT2D eigenvalue weighted by molar-refractivity contribution is 5.34. The summed E-state index contributed by atoms with van der Waals surface area (Å²) < 4.78 is 18.3. The lowest BCUT2D eigenvalue weighted by molar-refractivity contribution is 0.408. The number of benzene rings is 1. The van der Waals surface area contributed by atoms with Gasteiger partial charge in [-0.2, -0.15) is 5.10 Å². The standard InChI is InChI=1S/C13H14FN3O/c1-18-12-6-3-10(14)8-9(12)2-4-11-5-7-13(15)17-16-11/h3,5-8H,2,4H2,1H3,(H2,15,17). The molecule has 94 valence electrons. The summed E-state index contributed by atoms with van der Waals surface area (Å²) in [4.78, 5) is 0. The number of nitrogens with two attached hydrogens (primary N) is 1. The summed E-state index contributed by atoms with van der Waals surface area (Å²) in [5.41, 5.74) is 7.09. The minimum absolute atomic E-state index is 0.269. The van der Waals surface area contributed by atoms with Crippen molar-refractivity contribution in [1.82, 2.24) is 10.2 Å². The van der Waals surface area contributed by atoms with Gasteiger partial charge >= 0.3 is 0 Å².